The zero-order valence-corrected chi connectivity index (χ0v) is 15.6. The lowest BCUT2D eigenvalue weighted by molar-refractivity contribution is -0.116. The summed E-state index contributed by atoms with van der Waals surface area (Å²) in [4.78, 5) is 12.1. The van der Waals surface area contributed by atoms with Gasteiger partial charge in [-0.3, -0.25) is 9.89 Å². The molecule has 2 aromatic carbocycles. The molecule has 3 aromatic rings. The molecule has 1 atom stereocenters. The molecule has 0 saturated heterocycles. The number of aromatic amines is 1. The number of ether oxygens (including phenoxy) is 2. The van der Waals surface area contributed by atoms with Crippen LogP contribution in [0.4, 0.5) is 10.2 Å². The molecule has 0 radical (unpaired) electrons. The van der Waals surface area contributed by atoms with Gasteiger partial charge in [0, 0.05) is 23.6 Å². The van der Waals surface area contributed by atoms with E-state index in [9.17, 15) is 9.18 Å². The number of rotatable bonds is 5. The number of benzene rings is 2. The van der Waals surface area contributed by atoms with Crippen LogP contribution in [0.25, 0.3) is 0 Å². The third-order valence-electron chi connectivity index (χ3n) is 4.86. The highest BCUT2D eigenvalue weighted by molar-refractivity contribution is 5.94. The number of halogens is 1. The van der Waals surface area contributed by atoms with Crippen LogP contribution < -0.4 is 14.8 Å². The van der Waals surface area contributed by atoms with Crippen LogP contribution in [0.3, 0.4) is 0 Å². The molecule has 0 unspecified atom stereocenters. The molecule has 6 nitrogen and oxygen atoms in total. The van der Waals surface area contributed by atoms with Crippen molar-refractivity contribution in [3.05, 3.63) is 70.7 Å². The summed E-state index contributed by atoms with van der Waals surface area (Å²) in [6.45, 7) is 2.16. The Balaban J connectivity index is 1.60. The number of anilines is 1. The largest absolute Gasteiger partial charge is 0.493 e. The normalized spacial score (nSPS) is 15.7. The topological polar surface area (TPSA) is 76.2 Å². The van der Waals surface area contributed by atoms with Crippen molar-refractivity contribution in [2.24, 2.45) is 0 Å². The number of aromatic nitrogens is 2. The van der Waals surface area contributed by atoms with Gasteiger partial charge in [-0.2, -0.15) is 5.10 Å². The lowest BCUT2D eigenvalue weighted by Gasteiger charge is -2.23. The Hall–Kier alpha value is -3.35. The first-order chi connectivity index (χ1) is 13.5. The highest BCUT2D eigenvalue weighted by Gasteiger charge is 2.31. The van der Waals surface area contributed by atoms with Gasteiger partial charge in [0.2, 0.25) is 5.91 Å². The van der Waals surface area contributed by atoms with Crippen LogP contribution >= 0.6 is 0 Å². The van der Waals surface area contributed by atoms with E-state index in [0.29, 0.717) is 23.7 Å². The van der Waals surface area contributed by atoms with Gasteiger partial charge in [-0.1, -0.05) is 18.2 Å². The molecule has 0 aliphatic carbocycles. The Morgan fingerprint density at radius 1 is 1.21 bits per heavy atom. The van der Waals surface area contributed by atoms with Crippen molar-refractivity contribution in [2.75, 3.05) is 12.4 Å². The van der Waals surface area contributed by atoms with Gasteiger partial charge in [0.05, 0.1) is 7.11 Å². The van der Waals surface area contributed by atoms with Crippen molar-refractivity contribution in [3.8, 4) is 11.5 Å². The number of fused-ring (bicyclic) bond motifs is 1. The van der Waals surface area contributed by atoms with E-state index < -0.39 is 0 Å². The Morgan fingerprint density at radius 2 is 2.07 bits per heavy atom. The SMILES string of the molecule is COc1cc([C@H]2CC(=O)Nc3n[nH]c(C)c32)ccc1OCc1cccc(F)c1. The minimum Gasteiger partial charge on any atom is -0.493 e. The molecule has 7 heteroatoms. The summed E-state index contributed by atoms with van der Waals surface area (Å²) >= 11 is 0. The zero-order chi connectivity index (χ0) is 19.7. The van der Waals surface area contributed by atoms with Crippen LogP contribution in [-0.2, 0) is 11.4 Å². The number of H-pyrrole nitrogens is 1. The van der Waals surface area contributed by atoms with Crippen molar-refractivity contribution in [3.63, 3.8) is 0 Å². The summed E-state index contributed by atoms with van der Waals surface area (Å²) in [5.41, 5.74) is 3.57. The van der Waals surface area contributed by atoms with Gasteiger partial charge in [0.15, 0.2) is 17.3 Å². The number of methoxy groups -OCH3 is 1. The van der Waals surface area contributed by atoms with Crippen LogP contribution in [0.15, 0.2) is 42.5 Å². The molecule has 1 aromatic heterocycles. The molecule has 1 aliphatic rings. The number of carbonyl (C=O) groups excluding carboxylic acids is 1. The van der Waals surface area contributed by atoms with Crippen LogP contribution in [-0.4, -0.2) is 23.2 Å². The molecule has 0 saturated carbocycles. The number of amides is 1. The second-order valence-corrected chi connectivity index (χ2v) is 6.74. The van der Waals surface area contributed by atoms with E-state index in [4.69, 9.17) is 9.47 Å². The third-order valence-corrected chi connectivity index (χ3v) is 4.86. The summed E-state index contributed by atoms with van der Waals surface area (Å²) in [6, 6.07) is 11.9. The van der Waals surface area contributed by atoms with Crippen LogP contribution in [0.2, 0.25) is 0 Å². The summed E-state index contributed by atoms with van der Waals surface area (Å²) < 4.78 is 24.6. The number of nitrogens with zero attached hydrogens (tertiary/aromatic N) is 1. The number of hydrogen-bond acceptors (Lipinski definition) is 4. The van der Waals surface area contributed by atoms with E-state index in [1.807, 2.05) is 25.1 Å². The summed E-state index contributed by atoms with van der Waals surface area (Å²) in [5.74, 6) is 1.19. The lowest BCUT2D eigenvalue weighted by Crippen LogP contribution is -2.23. The lowest BCUT2D eigenvalue weighted by atomic mass is 9.85. The predicted molar refractivity (Wildman–Crippen MR) is 102 cm³/mol. The predicted octanol–water partition coefficient (Wildman–Crippen LogP) is 3.92. The standard InChI is InChI=1S/C21H20FN3O3/c1-12-20-16(10-19(26)23-21(20)25-24-12)14-6-7-17(18(9-14)27-2)28-11-13-4-3-5-15(22)8-13/h3-9,16H,10-11H2,1-2H3,(H2,23,24,25,26)/t16-/m1/s1. The number of nitrogens with one attached hydrogen (secondary N) is 2. The molecule has 2 heterocycles. The quantitative estimate of drug-likeness (QED) is 0.702. The molecule has 4 rings (SSSR count). The average Bonchev–Trinajstić information content (AvgIpc) is 3.06. The summed E-state index contributed by atoms with van der Waals surface area (Å²) in [5, 5.41) is 9.90. The van der Waals surface area contributed by atoms with Crippen molar-refractivity contribution in [1.29, 1.82) is 0 Å². The van der Waals surface area contributed by atoms with Crippen molar-refractivity contribution in [2.45, 2.75) is 25.9 Å². The molecule has 0 fully saturated rings. The Morgan fingerprint density at radius 3 is 2.86 bits per heavy atom. The Labute approximate surface area is 161 Å². The van der Waals surface area contributed by atoms with E-state index in [0.717, 1.165) is 22.4 Å². The molecule has 2 N–H and O–H groups in total. The highest BCUT2D eigenvalue weighted by Crippen LogP contribution is 2.40. The molecule has 144 valence electrons. The average molecular weight is 381 g/mol. The van der Waals surface area contributed by atoms with E-state index in [1.165, 1.54) is 12.1 Å². The van der Waals surface area contributed by atoms with Crippen LogP contribution in [0.5, 0.6) is 11.5 Å². The fourth-order valence-corrected chi connectivity index (χ4v) is 3.52. The van der Waals surface area contributed by atoms with E-state index >= 15 is 0 Å². The van der Waals surface area contributed by atoms with Gasteiger partial charge in [-0.15, -0.1) is 0 Å². The molecule has 1 amide bonds. The maximum atomic E-state index is 13.3. The number of aryl methyl sites for hydroxylation is 1. The molecule has 0 spiro atoms. The van der Waals surface area contributed by atoms with Crippen molar-refractivity contribution in [1.82, 2.24) is 10.2 Å². The Bertz CT molecular complexity index is 1030. The van der Waals surface area contributed by atoms with Crippen molar-refractivity contribution >= 4 is 11.7 Å². The monoisotopic (exact) mass is 381 g/mol. The second kappa shape index (κ2) is 7.34. The van der Waals surface area contributed by atoms with Gasteiger partial charge < -0.3 is 14.8 Å². The van der Waals surface area contributed by atoms with Gasteiger partial charge in [-0.25, -0.2) is 4.39 Å². The minimum atomic E-state index is -0.301. The van der Waals surface area contributed by atoms with Crippen LogP contribution in [0.1, 0.15) is 34.7 Å². The fourth-order valence-electron chi connectivity index (χ4n) is 3.52. The third kappa shape index (κ3) is 3.43. The first-order valence-corrected chi connectivity index (χ1v) is 8.95. The molecule has 1 aliphatic heterocycles. The van der Waals surface area contributed by atoms with Crippen molar-refractivity contribution < 1.29 is 18.7 Å². The minimum absolute atomic E-state index is 0.0746. The molecule has 0 bridgehead atoms. The zero-order valence-electron chi connectivity index (χ0n) is 15.6. The van der Waals surface area contributed by atoms with E-state index in [1.54, 1.807) is 19.2 Å². The van der Waals surface area contributed by atoms with Crippen LogP contribution in [0, 0.1) is 12.7 Å². The maximum absolute atomic E-state index is 13.3. The van der Waals surface area contributed by atoms with E-state index in [2.05, 4.69) is 15.5 Å². The molecule has 28 heavy (non-hydrogen) atoms. The molecular weight excluding hydrogens is 361 g/mol. The fraction of sp³-hybridized carbons (Fsp3) is 0.238. The van der Waals surface area contributed by atoms with Gasteiger partial charge in [-0.05, 0) is 42.3 Å². The first-order valence-electron chi connectivity index (χ1n) is 8.95. The smallest absolute Gasteiger partial charge is 0.226 e. The first kappa shape index (κ1) is 18.0. The number of carbonyl (C=O) groups is 1. The van der Waals surface area contributed by atoms with Gasteiger partial charge >= 0.3 is 0 Å². The van der Waals surface area contributed by atoms with Gasteiger partial charge in [0.25, 0.3) is 0 Å². The summed E-state index contributed by atoms with van der Waals surface area (Å²) in [6.07, 6.45) is 0.333. The number of hydrogen-bond donors (Lipinski definition) is 2. The van der Waals surface area contributed by atoms with E-state index in [-0.39, 0.29) is 24.2 Å². The summed E-state index contributed by atoms with van der Waals surface area (Å²) in [7, 11) is 1.57. The second-order valence-electron chi connectivity index (χ2n) is 6.74. The molecular formula is C21H20FN3O3. The Kier molecular flexibility index (Phi) is 4.73. The van der Waals surface area contributed by atoms with Gasteiger partial charge in [0.1, 0.15) is 12.4 Å². The highest BCUT2D eigenvalue weighted by atomic mass is 19.1. The maximum Gasteiger partial charge on any atom is 0.226 e.